The minimum absolute atomic E-state index is 0.0152. The van der Waals surface area contributed by atoms with Crippen molar-refractivity contribution in [3.63, 3.8) is 0 Å². The maximum atomic E-state index is 11.9. The molecule has 0 amide bonds. The lowest BCUT2D eigenvalue weighted by Crippen LogP contribution is -2.14. The molecule has 7 heteroatoms. The molecule has 3 rings (SSSR count). The molecule has 0 saturated heterocycles. The van der Waals surface area contributed by atoms with Gasteiger partial charge in [0.1, 0.15) is 17.1 Å². The van der Waals surface area contributed by atoms with E-state index in [1.165, 1.54) is 11.3 Å². The molecular weight excluding hydrogens is 328 g/mol. The first-order valence-corrected chi connectivity index (χ1v) is 8.22. The molecule has 0 radical (unpaired) electrons. The number of thiophene rings is 1. The molecule has 122 valence electrons. The van der Waals surface area contributed by atoms with Gasteiger partial charge in [0.25, 0.3) is 5.56 Å². The lowest BCUT2D eigenvalue weighted by Gasteiger charge is -2.04. The van der Waals surface area contributed by atoms with Gasteiger partial charge in [-0.15, -0.1) is 11.3 Å². The molecule has 6 nitrogen and oxygen atoms in total. The normalized spacial score (nSPS) is 10.7. The third-order valence-electron chi connectivity index (χ3n) is 3.39. The van der Waals surface area contributed by atoms with E-state index in [1.807, 2.05) is 6.07 Å². The number of benzene rings is 1. The van der Waals surface area contributed by atoms with Gasteiger partial charge in [0.15, 0.2) is 5.78 Å². The number of aromatic nitrogens is 2. The van der Waals surface area contributed by atoms with Crippen molar-refractivity contribution in [2.75, 3.05) is 0 Å². The number of rotatable bonds is 6. The summed E-state index contributed by atoms with van der Waals surface area (Å²) in [7, 11) is 0. The van der Waals surface area contributed by atoms with Gasteiger partial charge < -0.3 is 9.72 Å². The van der Waals surface area contributed by atoms with Crippen LogP contribution in [0.15, 0.2) is 46.6 Å². The molecule has 0 aliphatic heterocycles. The van der Waals surface area contributed by atoms with E-state index in [4.69, 9.17) is 4.74 Å². The molecule has 0 unspecified atom stereocenters. The first kappa shape index (κ1) is 16.1. The molecule has 0 atom stereocenters. The number of fused-ring (bicyclic) bond motifs is 1. The maximum Gasteiger partial charge on any atom is 0.306 e. The van der Waals surface area contributed by atoms with Crippen LogP contribution in [0.1, 0.15) is 29.0 Å². The van der Waals surface area contributed by atoms with Gasteiger partial charge in [0.05, 0.1) is 11.9 Å². The number of nitrogens with zero attached hydrogens (tertiary/aromatic N) is 1. The summed E-state index contributed by atoms with van der Waals surface area (Å²) in [6, 6.07) is 10.5. The second-order valence-electron chi connectivity index (χ2n) is 5.10. The first-order chi connectivity index (χ1) is 11.6. The largest absolute Gasteiger partial charge is 0.458 e. The SMILES string of the molecule is O=C(CCC(=O)c1ccccc1)OCc1nc2ccsc2c(=O)[nH]1. The van der Waals surface area contributed by atoms with Crippen molar-refractivity contribution < 1.29 is 14.3 Å². The van der Waals surface area contributed by atoms with Crippen molar-refractivity contribution in [3.05, 3.63) is 63.5 Å². The number of hydrogen-bond acceptors (Lipinski definition) is 6. The third kappa shape index (κ3) is 3.75. The number of hydrogen-bond donors (Lipinski definition) is 1. The minimum Gasteiger partial charge on any atom is -0.458 e. The fraction of sp³-hybridized carbons (Fsp3) is 0.176. The number of esters is 1. The van der Waals surface area contributed by atoms with Crippen molar-refractivity contribution in [1.82, 2.24) is 9.97 Å². The first-order valence-electron chi connectivity index (χ1n) is 7.34. The topological polar surface area (TPSA) is 89.1 Å². The molecule has 0 saturated carbocycles. The molecule has 0 aliphatic carbocycles. The third-order valence-corrected chi connectivity index (χ3v) is 4.29. The van der Waals surface area contributed by atoms with Crippen LogP contribution in [0.4, 0.5) is 0 Å². The predicted molar refractivity (Wildman–Crippen MR) is 90.0 cm³/mol. The second kappa shape index (κ2) is 7.18. The van der Waals surface area contributed by atoms with E-state index in [0.717, 1.165) is 0 Å². The Morgan fingerprint density at radius 1 is 1.12 bits per heavy atom. The number of nitrogens with one attached hydrogen (secondary N) is 1. The van der Waals surface area contributed by atoms with E-state index in [-0.39, 0.29) is 36.6 Å². The van der Waals surface area contributed by atoms with Crippen LogP contribution in [-0.4, -0.2) is 21.7 Å². The number of H-pyrrole nitrogens is 1. The molecule has 0 aliphatic rings. The molecule has 2 heterocycles. The van der Waals surface area contributed by atoms with Crippen molar-refractivity contribution in [1.29, 1.82) is 0 Å². The van der Waals surface area contributed by atoms with Crippen LogP contribution in [0, 0.1) is 0 Å². The Hall–Kier alpha value is -2.80. The Bertz CT molecular complexity index is 930. The van der Waals surface area contributed by atoms with Gasteiger partial charge in [-0.05, 0) is 11.4 Å². The van der Waals surface area contributed by atoms with Gasteiger partial charge in [-0.3, -0.25) is 14.4 Å². The van der Waals surface area contributed by atoms with Crippen molar-refractivity contribution in [2.45, 2.75) is 19.4 Å². The van der Waals surface area contributed by atoms with Gasteiger partial charge in [-0.25, -0.2) is 4.98 Å². The highest BCUT2D eigenvalue weighted by Gasteiger charge is 2.11. The zero-order valence-corrected chi connectivity index (χ0v) is 13.5. The second-order valence-corrected chi connectivity index (χ2v) is 6.01. The zero-order valence-electron chi connectivity index (χ0n) is 12.7. The molecule has 0 fully saturated rings. The van der Waals surface area contributed by atoms with E-state index >= 15 is 0 Å². The molecule has 0 bridgehead atoms. The fourth-order valence-electron chi connectivity index (χ4n) is 2.19. The predicted octanol–water partition coefficient (Wildman–Crippen LogP) is 2.69. The monoisotopic (exact) mass is 342 g/mol. The lowest BCUT2D eigenvalue weighted by atomic mass is 10.1. The van der Waals surface area contributed by atoms with Crippen molar-refractivity contribution >= 4 is 33.3 Å². The van der Waals surface area contributed by atoms with Crippen LogP contribution >= 0.6 is 11.3 Å². The van der Waals surface area contributed by atoms with Crippen LogP contribution < -0.4 is 5.56 Å². The van der Waals surface area contributed by atoms with Gasteiger partial charge in [-0.2, -0.15) is 0 Å². The van der Waals surface area contributed by atoms with E-state index in [1.54, 1.807) is 35.7 Å². The number of carbonyl (C=O) groups is 2. The summed E-state index contributed by atoms with van der Waals surface area (Å²) in [6.45, 7) is -0.126. The summed E-state index contributed by atoms with van der Waals surface area (Å²) < 4.78 is 5.61. The van der Waals surface area contributed by atoms with E-state index < -0.39 is 5.97 Å². The van der Waals surface area contributed by atoms with E-state index in [9.17, 15) is 14.4 Å². The maximum absolute atomic E-state index is 11.9. The highest BCUT2D eigenvalue weighted by molar-refractivity contribution is 7.17. The van der Waals surface area contributed by atoms with Crippen molar-refractivity contribution in [2.24, 2.45) is 0 Å². The number of aromatic amines is 1. The summed E-state index contributed by atoms with van der Waals surface area (Å²) in [5.74, 6) is -0.334. The summed E-state index contributed by atoms with van der Waals surface area (Å²) in [4.78, 5) is 42.3. The molecule has 1 aromatic carbocycles. The van der Waals surface area contributed by atoms with Gasteiger partial charge in [0, 0.05) is 12.0 Å². The molecular formula is C17H14N2O4S. The highest BCUT2D eigenvalue weighted by Crippen LogP contribution is 2.14. The molecule has 0 spiro atoms. The van der Waals surface area contributed by atoms with Crippen LogP contribution in [0.3, 0.4) is 0 Å². The molecule has 2 aromatic heterocycles. The highest BCUT2D eigenvalue weighted by atomic mass is 32.1. The standard InChI is InChI=1S/C17H14N2O4S/c20-13(11-4-2-1-3-5-11)6-7-15(21)23-10-14-18-12-8-9-24-16(12)17(22)19-14/h1-5,8-9H,6-7,10H2,(H,18,19,22). The summed E-state index contributed by atoms with van der Waals surface area (Å²) in [6.07, 6.45) is 0.0645. The van der Waals surface area contributed by atoms with E-state index in [0.29, 0.717) is 15.8 Å². The number of Topliss-reactive ketones (excluding diaryl/α,β-unsaturated/α-hetero) is 1. The van der Waals surface area contributed by atoms with Gasteiger partial charge in [0.2, 0.25) is 0 Å². The van der Waals surface area contributed by atoms with Crippen LogP contribution in [-0.2, 0) is 16.1 Å². The number of ether oxygens (including phenoxy) is 1. The quantitative estimate of drug-likeness (QED) is 0.549. The Labute approximate surface area is 141 Å². The lowest BCUT2D eigenvalue weighted by molar-refractivity contribution is -0.145. The summed E-state index contributed by atoms with van der Waals surface area (Å²) >= 11 is 1.30. The number of carbonyl (C=O) groups excluding carboxylic acids is 2. The minimum atomic E-state index is -0.507. The Morgan fingerprint density at radius 2 is 1.92 bits per heavy atom. The molecule has 1 N–H and O–H groups in total. The molecule has 24 heavy (non-hydrogen) atoms. The Kier molecular flexibility index (Phi) is 4.81. The van der Waals surface area contributed by atoms with Crippen molar-refractivity contribution in [3.8, 4) is 0 Å². The van der Waals surface area contributed by atoms with Crippen LogP contribution in [0.2, 0.25) is 0 Å². The fourth-order valence-corrected chi connectivity index (χ4v) is 2.92. The molecule has 3 aromatic rings. The van der Waals surface area contributed by atoms with Gasteiger partial charge >= 0.3 is 5.97 Å². The average molecular weight is 342 g/mol. The van der Waals surface area contributed by atoms with Crippen LogP contribution in [0.25, 0.3) is 10.2 Å². The summed E-state index contributed by atoms with van der Waals surface area (Å²) in [5.41, 5.74) is 0.897. The average Bonchev–Trinajstić information content (AvgIpc) is 3.08. The van der Waals surface area contributed by atoms with E-state index in [2.05, 4.69) is 9.97 Å². The smallest absolute Gasteiger partial charge is 0.306 e. The summed E-state index contributed by atoms with van der Waals surface area (Å²) in [5, 5.41) is 1.78. The number of ketones is 1. The zero-order chi connectivity index (χ0) is 16.9. The van der Waals surface area contributed by atoms with Gasteiger partial charge in [-0.1, -0.05) is 30.3 Å². The van der Waals surface area contributed by atoms with Crippen LogP contribution in [0.5, 0.6) is 0 Å². The Balaban J connectivity index is 1.53. The Morgan fingerprint density at radius 3 is 2.71 bits per heavy atom.